The molecule has 0 heterocycles. The van der Waals surface area contributed by atoms with Gasteiger partial charge in [0.1, 0.15) is 5.75 Å². The van der Waals surface area contributed by atoms with Gasteiger partial charge >= 0.3 is 5.97 Å². The molecule has 31 heavy (non-hydrogen) atoms. The fraction of sp³-hybridized carbons (Fsp3) is 0.483. The van der Waals surface area contributed by atoms with Crippen molar-refractivity contribution in [2.24, 2.45) is 5.92 Å². The summed E-state index contributed by atoms with van der Waals surface area (Å²) < 4.78 is 5.56. The summed E-state index contributed by atoms with van der Waals surface area (Å²) >= 11 is 0. The largest absolute Gasteiger partial charge is 0.423 e. The second kappa shape index (κ2) is 12.5. The van der Waals surface area contributed by atoms with Crippen LogP contribution >= 0.6 is 0 Å². The molecule has 0 N–H and O–H groups in total. The maximum absolute atomic E-state index is 12.5. The van der Waals surface area contributed by atoms with Crippen LogP contribution in [0.4, 0.5) is 0 Å². The lowest BCUT2D eigenvalue weighted by Gasteiger charge is -2.22. The summed E-state index contributed by atoms with van der Waals surface area (Å²) in [6, 6.07) is 15.8. The molecule has 166 valence electrons. The molecule has 2 aromatic carbocycles. The molecule has 2 aromatic rings. The van der Waals surface area contributed by atoms with Gasteiger partial charge in [0.15, 0.2) is 0 Å². The molecule has 0 amide bonds. The third kappa shape index (κ3) is 7.38. The molecule has 0 saturated heterocycles. The Morgan fingerprint density at radius 3 is 2.29 bits per heavy atom. The van der Waals surface area contributed by atoms with E-state index < -0.39 is 0 Å². The second-order valence-corrected chi connectivity index (χ2v) is 8.93. The number of hydrogen-bond donors (Lipinski definition) is 0. The Kier molecular flexibility index (Phi) is 9.39. The fourth-order valence-corrected chi connectivity index (χ4v) is 4.36. The SMILES string of the molecule is CCCCCCC1CC=C(c2ccc(C(=O)Oc3ccc(CCCC)cc3)cc2)CC1. The average Bonchev–Trinajstić information content (AvgIpc) is 2.82. The fourth-order valence-electron chi connectivity index (χ4n) is 4.36. The van der Waals surface area contributed by atoms with E-state index in [0.29, 0.717) is 11.3 Å². The van der Waals surface area contributed by atoms with Gasteiger partial charge in [0.2, 0.25) is 0 Å². The topological polar surface area (TPSA) is 26.3 Å². The number of allylic oxidation sites excluding steroid dienone is 2. The lowest BCUT2D eigenvalue weighted by molar-refractivity contribution is 0.0734. The summed E-state index contributed by atoms with van der Waals surface area (Å²) in [5.74, 6) is 1.16. The first-order valence-corrected chi connectivity index (χ1v) is 12.3. The number of carbonyl (C=O) groups is 1. The summed E-state index contributed by atoms with van der Waals surface area (Å²) in [4.78, 5) is 12.5. The van der Waals surface area contributed by atoms with Gasteiger partial charge in [-0.3, -0.25) is 0 Å². The summed E-state index contributed by atoms with van der Waals surface area (Å²) in [7, 11) is 0. The van der Waals surface area contributed by atoms with Crippen molar-refractivity contribution in [3.05, 3.63) is 71.3 Å². The highest BCUT2D eigenvalue weighted by Gasteiger charge is 2.16. The van der Waals surface area contributed by atoms with Gasteiger partial charge in [-0.1, -0.05) is 82.7 Å². The lowest BCUT2D eigenvalue weighted by atomic mass is 9.84. The summed E-state index contributed by atoms with van der Waals surface area (Å²) in [6.07, 6.45) is 16.3. The minimum Gasteiger partial charge on any atom is -0.423 e. The van der Waals surface area contributed by atoms with E-state index in [4.69, 9.17) is 4.74 Å². The summed E-state index contributed by atoms with van der Waals surface area (Å²) in [5.41, 5.74) is 4.55. The number of rotatable bonds is 11. The van der Waals surface area contributed by atoms with Gasteiger partial charge < -0.3 is 4.74 Å². The molecule has 1 atom stereocenters. The van der Waals surface area contributed by atoms with Crippen molar-refractivity contribution in [3.63, 3.8) is 0 Å². The van der Waals surface area contributed by atoms with E-state index >= 15 is 0 Å². The minimum absolute atomic E-state index is 0.294. The molecule has 0 aromatic heterocycles. The zero-order valence-electron chi connectivity index (χ0n) is 19.4. The molecule has 0 saturated carbocycles. The van der Waals surface area contributed by atoms with Crippen molar-refractivity contribution < 1.29 is 9.53 Å². The highest BCUT2D eigenvalue weighted by atomic mass is 16.5. The minimum atomic E-state index is -0.294. The Bertz CT molecular complexity index is 830. The van der Waals surface area contributed by atoms with Gasteiger partial charge in [0, 0.05) is 0 Å². The maximum atomic E-state index is 12.5. The highest BCUT2D eigenvalue weighted by molar-refractivity contribution is 5.91. The number of benzene rings is 2. The molecule has 2 nitrogen and oxygen atoms in total. The van der Waals surface area contributed by atoms with Crippen LogP contribution in [0.3, 0.4) is 0 Å². The van der Waals surface area contributed by atoms with E-state index in [2.05, 4.69) is 32.1 Å². The van der Waals surface area contributed by atoms with Gasteiger partial charge in [0.05, 0.1) is 5.56 Å². The quantitative estimate of drug-likeness (QED) is 0.208. The molecule has 2 heteroatoms. The van der Waals surface area contributed by atoms with Crippen molar-refractivity contribution in [1.82, 2.24) is 0 Å². The molecule has 1 unspecified atom stereocenters. The number of carbonyl (C=O) groups excluding carboxylic acids is 1. The molecule has 1 aliphatic carbocycles. The van der Waals surface area contributed by atoms with Crippen LogP contribution < -0.4 is 4.74 Å². The number of aryl methyl sites for hydroxylation is 1. The Hall–Kier alpha value is -2.35. The second-order valence-electron chi connectivity index (χ2n) is 8.93. The van der Waals surface area contributed by atoms with E-state index in [1.165, 1.54) is 74.5 Å². The Labute approximate surface area is 188 Å². The standard InChI is InChI=1S/C29H38O2/c1-3-5-7-8-10-24-11-15-25(16-12-24)26-17-19-27(20-18-26)29(30)31-28-21-13-23(14-22-28)9-6-4-2/h13-15,17-22,24H,3-12,16H2,1-2H3. The van der Waals surface area contributed by atoms with Crippen molar-refractivity contribution >= 4 is 11.5 Å². The molecule has 0 radical (unpaired) electrons. The van der Waals surface area contributed by atoms with Gasteiger partial charge in [-0.2, -0.15) is 0 Å². The van der Waals surface area contributed by atoms with Gasteiger partial charge in [-0.15, -0.1) is 0 Å². The maximum Gasteiger partial charge on any atom is 0.343 e. The van der Waals surface area contributed by atoms with Crippen molar-refractivity contribution in [2.45, 2.75) is 84.5 Å². The molecule has 0 fully saturated rings. The monoisotopic (exact) mass is 418 g/mol. The normalized spacial score (nSPS) is 16.1. The molecular formula is C29H38O2. The first-order chi connectivity index (χ1) is 15.2. The van der Waals surface area contributed by atoms with Crippen LogP contribution in [0.2, 0.25) is 0 Å². The number of hydrogen-bond acceptors (Lipinski definition) is 2. The van der Waals surface area contributed by atoms with Crippen molar-refractivity contribution in [3.8, 4) is 5.75 Å². The molecule has 0 spiro atoms. The molecule has 0 bridgehead atoms. The van der Waals surface area contributed by atoms with Crippen molar-refractivity contribution in [2.75, 3.05) is 0 Å². The third-order valence-corrected chi connectivity index (χ3v) is 6.43. The highest BCUT2D eigenvalue weighted by Crippen LogP contribution is 2.33. The average molecular weight is 419 g/mol. The Balaban J connectivity index is 1.50. The zero-order valence-corrected chi connectivity index (χ0v) is 19.4. The molecule has 1 aliphatic rings. The zero-order chi connectivity index (χ0) is 21.9. The van der Waals surface area contributed by atoms with Crippen LogP contribution in [0, 0.1) is 5.92 Å². The van der Waals surface area contributed by atoms with E-state index in [0.717, 1.165) is 18.8 Å². The van der Waals surface area contributed by atoms with Crippen LogP contribution in [-0.2, 0) is 6.42 Å². The van der Waals surface area contributed by atoms with E-state index in [9.17, 15) is 4.79 Å². The molecule has 0 aliphatic heterocycles. The van der Waals surface area contributed by atoms with Crippen LogP contribution in [0.15, 0.2) is 54.6 Å². The number of unbranched alkanes of at least 4 members (excludes halogenated alkanes) is 4. The van der Waals surface area contributed by atoms with E-state index in [-0.39, 0.29) is 5.97 Å². The number of esters is 1. The van der Waals surface area contributed by atoms with Crippen LogP contribution in [-0.4, -0.2) is 5.97 Å². The summed E-state index contributed by atoms with van der Waals surface area (Å²) in [6.45, 7) is 4.46. The van der Waals surface area contributed by atoms with E-state index in [1.54, 1.807) is 0 Å². The van der Waals surface area contributed by atoms with Crippen LogP contribution in [0.5, 0.6) is 5.75 Å². The molecular weight excluding hydrogens is 380 g/mol. The predicted octanol–water partition coefficient (Wildman–Crippen LogP) is 8.40. The summed E-state index contributed by atoms with van der Waals surface area (Å²) in [5, 5.41) is 0. The Morgan fingerprint density at radius 1 is 0.903 bits per heavy atom. The first-order valence-electron chi connectivity index (χ1n) is 12.3. The predicted molar refractivity (Wildman–Crippen MR) is 131 cm³/mol. The van der Waals surface area contributed by atoms with Crippen molar-refractivity contribution in [1.29, 1.82) is 0 Å². The lowest BCUT2D eigenvalue weighted by Crippen LogP contribution is -2.09. The molecule has 3 rings (SSSR count). The number of ether oxygens (including phenoxy) is 1. The van der Waals surface area contributed by atoms with E-state index in [1.807, 2.05) is 36.4 Å². The smallest absolute Gasteiger partial charge is 0.343 e. The third-order valence-electron chi connectivity index (χ3n) is 6.43. The van der Waals surface area contributed by atoms with Gasteiger partial charge in [0.25, 0.3) is 0 Å². The first kappa shape index (κ1) is 23.3. The Morgan fingerprint density at radius 2 is 1.65 bits per heavy atom. The van der Waals surface area contributed by atoms with Crippen LogP contribution in [0.25, 0.3) is 5.57 Å². The van der Waals surface area contributed by atoms with Gasteiger partial charge in [-0.05, 0) is 79.0 Å². The van der Waals surface area contributed by atoms with Crippen LogP contribution in [0.1, 0.15) is 99.5 Å². The van der Waals surface area contributed by atoms with Gasteiger partial charge in [-0.25, -0.2) is 4.79 Å².